The minimum Gasteiger partial charge on any atom is -0.365 e. The first-order valence-corrected chi connectivity index (χ1v) is 6.37. The Labute approximate surface area is 112 Å². The van der Waals surface area contributed by atoms with Gasteiger partial charge in [0.25, 0.3) is 5.56 Å². The van der Waals surface area contributed by atoms with E-state index < -0.39 is 0 Å². The van der Waals surface area contributed by atoms with Crippen LogP contribution in [0, 0.1) is 0 Å². The maximum absolute atomic E-state index is 12.1. The van der Waals surface area contributed by atoms with Crippen molar-refractivity contribution in [3.8, 4) is 0 Å². The Hall–Kier alpha value is -2.11. The molecule has 0 aliphatic rings. The highest BCUT2D eigenvalue weighted by Crippen LogP contribution is 2.02. The molecule has 0 aliphatic heterocycles. The van der Waals surface area contributed by atoms with Gasteiger partial charge in [0.05, 0.1) is 0 Å². The third-order valence-electron chi connectivity index (χ3n) is 3.02. The van der Waals surface area contributed by atoms with E-state index in [4.69, 9.17) is 0 Å². The van der Waals surface area contributed by atoms with Crippen molar-refractivity contribution in [3.63, 3.8) is 0 Å². The number of rotatable bonds is 5. The summed E-state index contributed by atoms with van der Waals surface area (Å²) in [6, 6.07) is 2.10. The van der Waals surface area contributed by atoms with Crippen LogP contribution in [0.2, 0.25) is 0 Å². The van der Waals surface area contributed by atoms with Gasteiger partial charge in [0.2, 0.25) is 0 Å². The van der Waals surface area contributed by atoms with Gasteiger partial charge in [0.1, 0.15) is 0 Å². The minimum atomic E-state index is -0.0810. The number of hydrogen-bond acceptors (Lipinski definition) is 4. The fraction of sp³-hybridized carbons (Fsp3) is 0.462. The molecule has 0 spiro atoms. The van der Waals surface area contributed by atoms with Crippen molar-refractivity contribution in [3.05, 3.63) is 40.7 Å². The summed E-state index contributed by atoms with van der Waals surface area (Å²) in [5, 5.41) is 7.19. The molecule has 1 N–H and O–H groups in total. The molecule has 0 saturated carbocycles. The van der Waals surface area contributed by atoms with E-state index in [0.717, 1.165) is 12.1 Å². The molecule has 0 aromatic carbocycles. The van der Waals surface area contributed by atoms with Gasteiger partial charge in [-0.05, 0) is 19.9 Å². The first kappa shape index (κ1) is 13.3. The molecule has 0 saturated heterocycles. The lowest BCUT2D eigenvalue weighted by molar-refractivity contribution is 0.575. The van der Waals surface area contributed by atoms with Crippen LogP contribution >= 0.6 is 0 Å². The third kappa shape index (κ3) is 3.01. The molecule has 19 heavy (non-hydrogen) atoms. The van der Waals surface area contributed by atoms with Crippen molar-refractivity contribution in [2.45, 2.75) is 26.3 Å². The van der Waals surface area contributed by atoms with Crippen molar-refractivity contribution in [1.29, 1.82) is 0 Å². The summed E-state index contributed by atoms with van der Waals surface area (Å²) < 4.78 is 3.49. The summed E-state index contributed by atoms with van der Waals surface area (Å²) in [6.45, 7) is 4.60. The summed E-state index contributed by atoms with van der Waals surface area (Å²) in [4.78, 5) is 16.2. The van der Waals surface area contributed by atoms with Crippen LogP contribution in [0.1, 0.15) is 25.6 Å². The quantitative estimate of drug-likeness (QED) is 0.878. The minimum absolute atomic E-state index is 0.0810. The summed E-state index contributed by atoms with van der Waals surface area (Å²) in [7, 11) is 1.90. The van der Waals surface area contributed by atoms with Gasteiger partial charge in [-0.2, -0.15) is 5.10 Å². The lowest BCUT2D eigenvalue weighted by Gasteiger charge is -2.11. The molecule has 2 aromatic rings. The Kier molecular flexibility index (Phi) is 3.99. The Morgan fingerprint density at radius 2 is 2.16 bits per heavy atom. The molecule has 102 valence electrons. The van der Waals surface area contributed by atoms with Crippen molar-refractivity contribution in [2.75, 3.05) is 11.9 Å². The molecule has 0 atom stereocenters. The summed E-state index contributed by atoms with van der Waals surface area (Å²) >= 11 is 0. The van der Waals surface area contributed by atoms with E-state index in [1.807, 2.05) is 31.6 Å². The van der Waals surface area contributed by atoms with Gasteiger partial charge in [-0.3, -0.25) is 9.48 Å². The van der Waals surface area contributed by atoms with E-state index in [9.17, 15) is 4.79 Å². The van der Waals surface area contributed by atoms with Crippen LogP contribution in [0.25, 0.3) is 0 Å². The van der Waals surface area contributed by atoms with Crippen LogP contribution in [-0.2, 0) is 13.5 Å². The van der Waals surface area contributed by atoms with Crippen LogP contribution < -0.4 is 10.9 Å². The van der Waals surface area contributed by atoms with Crippen LogP contribution in [0.3, 0.4) is 0 Å². The SMILES string of the molecule is CC(C)n1ccnc(NCCc2ccnn2C)c1=O. The van der Waals surface area contributed by atoms with Crippen LogP contribution in [-0.4, -0.2) is 25.9 Å². The Bertz CT molecular complexity index is 599. The maximum Gasteiger partial charge on any atom is 0.293 e. The van der Waals surface area contributed by atoms with Crippen LogP contribution in [0.5, 0.6) is 0 Å². The molecule has 6 heteroatoms. The highest BCUT2D eigenvalue weighted by atomic mass is 16.1. The fourth-order valence-electron chi connectivity index (χ4n) is 1.91. The topological polar surface area (TPSA) is 64.7 Å². The van der Waals surface area contributed by atoms with Gasteiger partial charge in [-0.15, -0.1) is 0 Å². The molecule has 0 amide bonds. The summed E-state index contributed by atoms with van der Waals surface area (Å²) in [5.74, 6) is 0.401. The van der Waals surface area contributed by atoms with E-state index in [-0.39, 0.29) is 11.6 Å². The maximum atomic E-state index is 12.1. The van der Waals surface area contributed by atoms with E-state index in [0.29, 0.717) is 12.4 Å². The standard InChI is InChI=1S/C13H19N5O/c1-10(2)18-9-8-15-12(13(18)19)14-6-4-11-5-7-16-17(11)3/h5,7-10H,4,6H2,1-3H3,(H,14,15). The van der Waals surface area contributed by atoms with Gasteiger partial charge in [0.15, 0.2) is 5.82 Å². The lowest BCUT2D eigenvalue weighted by atomic mass is 10.3. The summed E-state index contributed by atoms with van der Waals surface area (Å²) in [5.41, 5.74) is 1.04. The van der Waals surface area contributed by atoms with Gasteiger partial charge in [-0.25, -0.2) is 4.98 Å². The van der Waals surface area contributed by atoms with Gasteiger partial charge in [0, 0.05) is 50.3 Å². The highest BCUT2D eigenvalue weighted by molar-refractivity contribution is 5.31. The number of nitrogens with one attached hydrogen (secondary N) is 1. The molecule has 2 rings (SSSR count). The second kappa shape index (κ2) is 5.69. The average Bonchev–Trinajstić information content (AvgIpc) is 2.77. The molecule has 0 bridgehead atoms. The van der Waals surface area contributed by atoms with Gasteiger partial charge < -0.3 is 9.88 Å². The Balaban J connectivity index is 2.02. The second-order valence-electron chi connectivity index (χ2n) is 4.70. The zero-order chi connectivity index (χ0) is 13.8. The molecule has 2 heterocycles. The number of nitrogens with zero attached hydrogens (tertiary/aromatic N) is 4. The molecule has 0 fully saturated rings. The largest absolute Gasteiger partial charge is 0.365 e. The number of hydrogen-bond donors (Lipinski definition) is 1. The number of aromatic nitrogens is 4. The number of anilines is 1. The van der Waals surface area contributed by atoms with Crippen molar-refractivity contribution in [1.82, 2.24) is 19.3 Å². The zero-order valence-corrected chi connectivity index (χ0v) is 11.5. The monoisotopic (exact) mass is 261 g/mol. The first-order valence-electron chi connectivity index (χ1n) is 6.37. The van der Waals surface area contributed by atoms with Crippen molar-refractivity contribution in [2.24, 2.45) is 7.05 Å². The normalized spacial score (nSPS) is 10.9. The Morgan fingerprint density at radius 1 is 1.37 bits per heavy atom. The Morgan fingerprint density at radius 3 is 2.79 bits per heavy atom. The molecule has 2 aromatic heterocycles. The molecule has 0 aliphatic carbocycles. The average molecular weight is 261 g/mol. The predicted molar refractivity (Wildman–Crippen MR) is 74.3 cm³/mol. The second-order valence-corrected chi connectivity index (χ2v) is 4.70. The van der Waals surface area contributed by atoms with Gasteiger partial charge in [-0.1, -0.05) is 0 Å². The van der Waals surface area contributed by atoms with Crippen LogP contribution in [0.4, 0.5) is 5.82 Å². The number of aryl methyl sites for hydroxylation is 1. The van der Waals surface area contributed by atoms with E-state index in [1.165, 1.54) is 0 Å². The van der Waals surface area contributed by atoms with Crippen molar-refractivity contribution < 1.29 is 0 Å². The first-order chi connectivity index (χ1) is 9.09. The predicted octanol–water partition coefficient (Wildman–Crippen LogP) is 1.21. The van der Waals surface area contributed by atoms with Gasteiger partial charge >= 0.3 is 0 Å². The third-order valence-corrected chi connectivity index (χ3v) is 3.02. The van der Waals surface area contributed by atoms with Crippen molar-refractivity contribution >= 4 is 5.82 Å². The molecule has 6 nitrogen and oxygen atoms in total. The molecule has 0 radical (unpaired) electrons. The highest BCUT2D eigenvalue weighted by Gasteiger charge is 2.06. The summed E-state index contributed by atoms with van der Waals surface area (Å²) in [6.07, 6.45) is 5.92. The molecular weight excluding hydrogens is 242 g/mol. The fourth-order valence-corrected chi connectivity index (χ4v) is 1.91. The molecule has 0 unspecified atom stereocenters. The smallest absolute Gasteiger partial charge is 0.293 e. The molecular formula is C13H19N5O. The zero-order valence-electron chi connectivity index (χ0n) is 11.5. The van der Waals surface area contributed by atoms with E-state index in [2.05, 4.69) is 15.4 Å². The van der Waals surface area contributed by atoms with E-state index >= 15 is 0 Å². The van der Waals surface area contributed by atoms with Crippen LogP contribution in [0.15, 0.2) is 29.5 Å². The lowest BCUT2D eigenvalue weighted by Crippen LogP contribution is -2.26. The van der Waals surface area contributed by atoms with E-state index in [1.54, 1.807) is 23.2 Å².